The molecule has 0 radical (unpaired) electrons. The summed E-state index contributed by atoms with van der Waals surface area (Å²) in [6.07, 6.45) is 4.28. The molecule has 1 aliphatic rings. The molecule has 1 fully saturated rings. The van der Waals surface area contributed by atoms with Crippen molar-refractivity contribution in [2.75, 3.05) is 4.90 Å². The van der Waals surface area contributed by atoms with Crippen LogP contribution >= 0.6 is 23.8 Å². The predicted molar refractivity (Wildman–Crippen MR) is 87.3 cm³/mol. The van der Waals surface area contributed by atoms with Crippen molar-refractivity contribution in [3.63, 3.8) is 0 Å². The largest absolute Gasteiger partial charge is 0.298 e. The zero-order valence-electron chi connectivity index (χ0n) is 11.6. The molecule has 21 heavy (non-hydrogen) atoms. The van der Waals surface area contributed by atoms with Crippen molar-refractivity contribution >= 4 is 46.4 Å². The van der Waals surface area contributed by atoms with Gasteiger partial charge in [-0.1, -0.05) is 37.4 Å². The molecule has 0 aliphatic carbocycles. The van der Waals surface area contributed by atoms with Crippen LogP contribution in [0.25, 0.3) is 0 Å². The van der Waals surface area contributed by atoms with Crippen LogP contribution in [0, 0.1) is 0 Å². The molecule has 2 rings (SSSR count). The molecule has 1 aliphatic heterocycles. The average molecular weight is 323 g/mol. The lowest BCUT2D eigenvalue weighted by molar-refractivity contribution is -0.122. The van der Waals surface area contributed by atoms with E-state index < -0.39 is 11.8 Å². The van der Waals surface area contributed by atoms with Crippen LogP contribution in [-0.2, 0) is 9.59 Å². The first-order valence-electron chi connectivity index (χ1n) is 6.70. The Balaban J connectivity index is 2.30. The van der Waals surface area contributed by atoms with E-state index in [1.54, 1.807) is 30.3 Å². The monoisotopic (exact) mass is 322 g/mol. The molecule has 6 heteroatoms. The van der Waals surface area contributed by atoms with Gasteiger partial charge in [-0.05, 0) is 42.9 Å². The van der Waals surface area contributed by atoms with Gasteiger partial charge in [-0.15, -0.1) is 0 Å². The van der Waals surface area contributed by atoms with E-state index in [0.717, 1.165) is 12.8 Å². The van der Waals surface area contributed by atoms with Gasteiger partial charge in [0.05, 0.1) is 5.69 Å². The highest BCUT2D eigenvalue weighted by molar-refractivity contribution is 7.80. The van der Waals surface area contributed by atoms with Crippen LogP contribution in [0.4, 0.5) is 5.69 Å². The number of carbonyl (C=O) groups is 2. The number of hydrogen-bond donors (Lipinski definition) is 1. The second-order valence-corrected chi connectivity index (χ2v) is 5.46. The second kappa shape index (κ2) is 6.83. The number of nitrogens with zero attached hydrogens (tertiary/aromatic N) is 1. The van der Waals surface area contributed by atoms with Gasteiger partial charge in [0.1, 0.15) is 5.57 Å². The maximum absolute atomic E-state index is 12.5. The first kappa shape index (κ1) is 15.7. The Morgan fingerprint density at radius 1 is 1.29 bits per heavy atom. The summed E-state index contributed by atoms with van der Waals surface area (Å²) in [5.41, 5.74) is 0.711. The fourth-order valence-electron chi connectivity index (χ4n) is 1.99. The van der Waals surface area contributed by atoms with E-state index in [4.69, 9.17) is 23.8 Å². The zero-order valence-corrected chi connectivity index (χ0v) is 13.1. The third kappa shape index (κ3) is 3.49. The molecule has 110 valence electrons. The summed E-state index contributed by atoms with van der Waals surface area (Å²) in [7, 11) is 0. The number of halogens is 1. The third-order valence-electron chi connectivity index (χ3n) is 3.09. The van der Waals surface area contributed by atoms with E-state index in [-0.39, 0.29) is 10.7 Å². The summed E-state index contributed by atoms with van der Waals surface area (Å²) in [6, 6.07) is 6.72. The Morgan fingerprint density at radius 3 is 2.57 bits per heavy atom. The van der Waals surface area contributed by atoms with Crippen molar-refractivity contribution in [1.29, 1.82) is 0 Å². The highest BCUT2D eigenvalue weighted by Gasteiger charge is 2.34. The summed E-state index contributed by atoms with van der Waals surface area (Å²) in [5, 5.41) is 3.20. The smallest absolute Gasteiger partial charge is 0.269 e. The number of benzene rings is 1. The number of amides is 2. The minimum absolute atomic E-state index is 0.0833. The highest BCUT2D eigenvalue weighted by Crippen LogP contribution is 2.22. The Hall–Kier alpha value is -1.72. The molecule has 0 aromatic heterocycles. The van der Waals surface area contributed by atoms with Crippen LogP contribution in [0.1, 0.15) is 26.2 Å². The van der Waals surface area contributed by atoms with E-state index >= 15 is 0 Å². The van der Waals surface area contributed by atoms with Gasteiger partial charge in [0.15, 0.2) is 5.11 Å². The van der Waals surface area contributed by atoms with Crippen molar-refractivity contribution in [3.05, 3.63) is 40.9 Å². The summed E-state index contributed by atoms with van der Waals surface area (Å²) < 4.78 is 0. The van der Waals surface area contributed by atoms with Gasteiger partial charge in [0.25, 0.3) is 11.8 Å². The maximum atomic E-state index is 12.5. The highest BCUT2D eigenvalue weighted by atomic mass is 35.5. The summed E-state index contributed by atoms with van der Waals surface area (Å²) in [6.45, 7) is 2.05. The predicted octanol–water partition coefficient (Wildman–Crippen LogP) is 3.20. The fourth-order valence-corrected chi connectivity index (χ4v) is 2.39. The van der Waals surface area contributed by atoms with Crippen LogP contribution in [0.2, 0.25) is 5.02 Å². The van der Waals surface area contributed by atoms with Crippen LogP contribution in [0.15, 0.2) is 35.9 Å². The number of anilines is 1. The lowest BCUT2D eigenvalue weighted by Crippen LogP contribution is -2.54. The lowest BCUT2D eigenvalue weighted by Gasteiger charge is -2.28. The number of rotatable bonds is 4. The molecule has 1 saturated heterocycles. The first-order valence-corrected chi connectivity index (χ1v) is 7.48. The van der Waals surface area contributed by atoms with Gasteiger partial charge >= 0.3 is 0 Å². The number of nitrogens with one attached hydrogen (secondary N) is 1. The van der Waals surface area contributed by atoms with Gasteiger partial charge in [-0.25, -0.2) is 0 Å². The van der Waals surface area contributed by atoms with E-state index in [9.17, 15) is 9.59 Å². The topological polar surface area (TPSA) is 49.4 Å². The van der Waals surface area contributed by atoms with Crippen LogP contribution in [0.3, 0.4) is 0 Å². The molecule has 1 N–H and O–H groups in total. The van der Waals surface area contributed by atoms with Gasteiger partial charge in [0, 0.05) is 5.02 Å². The van der Waals surface area contributed by atoms with Crippen molar-refractivity contribution in [3.8, 4) is 0 Å². The normalized spacial score (nSPS) is 17.3. The number of allylic oxidation sites excluding steroid dienone is 1. The van der Waals surface area contributed by atoms with Crippen LogP contribution in [-0.4, -0.2) is 16.9 Å². The van der Waals surface area contributed by atoms with E-state index in [1.807, 2.05) is 0 Å². The van der Waals surface area contributed by atoms with Gasteiger partial charge in [-0.3, -0.25) is 19.8 Å². The molecule has 1 aromatic carbocycles. The van der Waals surface area contributed by atoms with Gasteiger partial charge in [0.2, 0.25) is 0 Å². The average Bonchev–Trinajstić information content (AvgIpc) is 2.44. The summed E-state index contributed by atoms with van der Waals surface area (Å²) >= 11 is 10.9. The van der Waals surface area contributed by atoms with E-state index in [2.05, 4.69) is 12.2 Å². The molecule has 4 nitrogen and oxygen atoms in total. The fraction of sp³-hybridized carbons (Fsp3) is 0.267. The summed E-state index contributed by atoms with van der Waals surface area (Å²) in [4.78, 5) is 25.7. The summed E-state index contributed by atoms with van der Waals surface area (Å²) in [5.74, 6) is -0.839. The SMILES string of the molecule is CCCC/C=C1/C(=O)NC(=S)N(c2ccc(Cl)cc2)C1=O. The minimum atomic E-state index is -0.439. The van der Waals surface area contributed by atoms with Gasteiger partial charge in [-0.2, -0.15) is 0 Å². The van der Waals surface area contributed by atoms with E-state index in [1.165, 1.54) is 4.90 Å². The number of carbonyl (C=O) groups excluding carboxylic acids is 2. The van der Waals surface area contributed by atoms with Crippen LogP contribution < -0.4 is 10.2 Å². The Labute approximate surface area is 133 Å². The van der Waals surface area contributed by atoms with Crippen molar-refractivity contribution in [1.82, 2.24) is 5.32 Å². The maximum Gasteiger partial charge on any atom is 0.269 e. The molecule has 0 unspecified atom stereocenters. The second-order valence-electron chi connectivity index (χ2n) is 4.64. The standard InChI is InChI=1S/C15H15ClN2O2S/c1-2-3-4-5-12-13(19)17-15(21)18(14(12)20)11-8-6-10(16)7-9-11/h5-9H,2-4H2,1H3,(H,17,19,21)/b12-5-. The first-order chi connectivity index (χ1) is 10.0. The molecule has 0 atom stereocenters. The number of thiocarbonyl (C=S) groups is 1. The number of hydrogen-bond acceptors (Lipinski definition) is 3. The van der Waals surface area contributed by atoms with Crippen LogP contribution in [0.5, 0.6) is 0 Å². The quantitative estimate of drug-likeness (QED) is 0.401. The lowest BCUT2D eigenvalue weighted by atomic mass is 10.1. The van der Waals surface area contributed by atoms with Crippen molar-refractivity contribution in [2.45, 2.75) is 26.2 Å². The Kier molecular flexibility index (Phi) is 5.09. The van der Waals surface area contributed by atoms with Crippen molar-refractivity contribution in [2.24, 2.45) is 0 Å². The van der Waals surface area contributed by atoms with Crippen molar-refractivity contribution < 1.29 is 9.59 Å². The third-order valence-corrected chi connectivity index (χ3v) is 3.63. The zero-order chi connectivity index (χ0) is 15.4. The Bertz CT molecular complexity index is 611. The molecule has 0 bridgehead atoms. The van der Waals surface area contributed by atoms with Gasteiger partial charge < -0.3 is 0 Å². The molecule has 0 saturated carbocycles. The molecule has 2 amide bonds. The number of unbranched alkanes of at least 4 members (excludes halogenated alkanes) is 2. The molecule has 0 spiro atoms. The minimum Gasteiger partial charge on any atom is -0.298 e. The molecular formula is C15H15ClN2O2S. The molecule has 1 heterocycles. The Morgan fingerprint density at radius 2 is 1.95 bits per heavy atom. The molecule has 1 aromatic rings. The van der Waals surface area contributed by atoms with E-state index in [0.29, 0.717) is 17.1 Å². The molecular weight excluding hydrogens is 308 g/mol.